The van der Waals surface area contributed by atoms with Crippen LogP contribution in [0.1, 0.15) is 35.7 Å². The summed E-state index contributed by atoms with van der Waals surface area (Å²) in [6.45, 7) is 2.46. The molecule has 2 aromatic carbocycles. The second-order valence-electron chi connectivity index (χ2n) is 5.77. The van der Waals surface area contributed by atoms with Gasteiger partial charge >= 0.3 is 0 Å². The fourth-order valence-electron chi connectivity index (χ4n) is 2.41. The van der Waals surface area contributed by atoms with Crippen LogP contribution in [-0.2, 0) is 16.0 Å². The van der Waals surface area contributed by atoms with Gasteiger partial charge in [0, 0.05) is 24.1 Å². The summed E-state index contributed by atoms with van der Waals surface area (Å²) in [7, 11) is 0. The number of nitrogens with two attached hydrogens (primary N) is 1. The topological polar surface area (TPSA) is 98.5 Å². The molecule has 0 saturated heterocycles. The van der Waals surface area contributed by atoms with Gasteiger partial charge in [-0.1, -0.05) is 12.1 Å². The first kappa shape index (κ1) is 19.2. The molecular weight excluding hydrogens is 332 g/mol. The molecule has 0 heterocycles. The maximum Gasteiger partial charge on any atom is 0.224 e. The van der Waals surface area contributed by atoms with E-state index in [9.17, 15) is 14.4 Å². The molecule has 2 amide bonds. The Morgan fingerprint density at radius 2 is 1.62 bits per heavy atom. The Balaban J connectivity index is 1.82. The highest BCUT2D eigenvalue weighted by Gasteiger charge is 2.10. The number of benzene rings is 2. The third-order valence-corrected chi connectivity index (χ3v) is 3.68. The summed E-state index contributed by atoms with van der Waals surface area (Å²) in [6, 6.07) is 13.7. The monoisotopic (exact) mass is 354 g/mol. The van der Waals surface area contributed by atoms with E-state index in [1.54, 1.807) is 48.5 Å². The Kier molecular flexibility index (Phi) is 6.91. The first-order valence-corrected chi connectivity index (χ1v) is 8.41. The number of carbonyl (C=O) groups excluding carboxylic acids is 3. The van der Waals surface area contributed by atoms with Gasteiger partial charge in [-0.15, -0.1) is 0 Å². The predicted octanol–water partition coefficient (Wildman–Crippen LogP) is 2.71. The zero-order valence-corrected chi connectivity index (χ0v) is 14.7. The van der Waals surface area contributed by atoms with Crippen LogP contribution in [0.5, 0.6) is 5.75 Å². The number of amides is 2. The highest BCUT2D eigenvalue weighted by atomic mass is 16.5. The summed E-state index contributed by atoms with van der Waals surface area (Å²) in [5.41, 5.74) is 7.07. The molecule has 2 rings (SSSR count). The average molecular weight is 354 g/mol. The summed E-state index contributed by atoms with van der Waals surface area (Å²) < 4.78 is 5.33. The molecule has 0 atom stereocenters. The Morgan fingerprint density at radius 3 is 2.19 bits per heavy atom. The van der Waals surface area contributed by atoms with Gasteiger partial charge in [-0.25, -0.2) is 0 Å². The van der Waals surface area contributed by atoms with E-state index in [0.29, 0.717) is 23.6 Å². The number of primary amides is 1. The molecule has 136 valence electrons. The van der Waals surface area contributed by atoms with Crippen LogP contribution < -0.4 is 15.8 Å². The van der Waals surface area contributed by atoms with Gasteiger partial charge in [0.1, 0.15) is 5.75 Å². The lowest BCUT2D eigenvalue weighted by atomic mass is 10.1. The second kappa shape index (κ2) is 9.36. The smallest absolute Gasteiger partial charge is 0.224 e. The minimum atomic E-state index is -0.408. The van der Waals surface area contributed by atoms with Crippen LogP contribution in [0, 0.1) is 0 Å². The largest absolute Gasteiger partial charge is 0.494 e. The number of hydrogen-bond acceptors (Lipinski definition) is 4. The van der Waals surface area contributed by atoms with Crippen molar-refractivity contribution in [3.05, 3.63) is 59.7 Å². The van der Waals surface area contributed by atoms with Gasteiger partial charge < -0.3 is 15.8 Å². The van der Waals surface area contributed by atoms with Gasteiger partial charge in [0.15, 0.2) is 5.78 Å². The van der Waals surface area contributed by atoms with Crippen molar-refractivity contribution < 1.29 is 19.1 Å². The molecule has 0 bridgehead atoms. The second-order valence-corrected chi connectivity index (χ2v) is 5.77. The molecule has 26 heavy (non-hydrogen) atoms. The van der Waals surface area contributed by atoms with Crippen LogP contribution in [0.15, 0.2) is 48.5 Å². The molecule has 2 aromatic rings. The van der Waals surface area contributed by atoms with Crippen LogP contribution in [0.4, 0.5) is 5.69 Å². The third-order valence-electron chi connectivity index (χ3n) is 3.68. The number of ketones is 1. The van der Waals surface area contributed by atoms with E-state index in [0.717, 1.165) is 5.56 Å². The lowest BCUT2D eigenvalue weighted by molar-refractivity contribution is -0.117. The zero-order valence-electron chi connectivity index (χ0n) is 14.7. The predicted molar refractivity (Wildman–Crippen MR) is 99.1 cm³/mol. The summed E-state index contributed by atoms with van der Waals surface area (Å²) in [6.07, 6.45) is 0.374. The third kappa shape index (κ3) is 6.05. The van der Waals surface area contributed by atoms with E-state index >= 15 is 0 Å². The summed E-state index contributed by atoms with van der Waals surface area (Å²) in [5.74, 6) is -0.0388. The minimum absolute atomic E-state index is 0.0923. The van der Waals surface area contributed by atoms with Crippen LogP contribution in [0.25, 0.3) is 0 Å². The molecule has 0 saturated carbocycles. The van der Waals surface area contributed by atoms with Crippen molar-refractivity contribution in [2.45, 2.75) is 26.2 Å². The molecular formula is C20H22N2O4. The highest BCUT2D eigenvalue weighted by molar-refractivity contribution is 6.00. The molecule has 0 radical (unpaired) electrons. The quantitative estimate of drug-likeness (QED) is 0.676. The highest BCUT2D eigenvalue weighted by Crippen LogP contribution is 2.15. The van der Waals surface area contributed by atoms with E-state index in [2.05, 4.69) is 5.32 Å². The number of anilines is 1. The van der Waals surface area contributed by atoms with Gasteiger partial charge in [-0.3, -0.25) is 14.4 Å². The average Bonchev–Trinajstić information content (AvgIpc) is 2.62. The molecule has 3 N–H and O–H groups in total. The van der Waals surface area contributed by atoms with Crippen LogP contribution >= 0.6 is 0 Å². The molecule has 0 aliphatic heterocycles. The van der Waals surface area contributed by atoms with Crippen LogP contribution in [0.3, 0.4) is 0 Å². The normalized spacial score (nSPS) is 10.2. The van der Waals surface area contributed by atoms with E-state index in [-0.39, 0.29) is 31.0 Å². The lowest BCUT2D eigenvalue weighted by Crippen LogP contribution is -2.14. The Bertz CT molecular complexity index is 767. The zero-order chi connectivity index (χ0) is 18.9. The fraction of sp³-hybridized carbons (Fsp3) is 0.250. The summed E-state index contributed by atoms with van der Waals surface area (Å²) in [5, 5.41) is 2.73. The van der Waals surface area contributed by atoms with Gasteiger partial charge in [0.2, 0.25) is 11.8 Å². The van der Waals surface area contributed by atoms with Crippen molar-refractivity contribution in [1.82, 2.24) is 0 Å². The number of carbonyl (C=O) groups is 3. The Hall–Kier alpha value is -3.15. The Morgan fingerprint density at radius 1 is 0.962 bits per heavy atom. The van der Waals surface area contributed by atoms with Gasteiger partial charge in [0.05, 0.1) is 13.0 Å². The van der Waals surface area contributed by atoms with E-state index in [1.807, 2.05) is 6.92 Å². The molecule has 0 aliphatic rings. The van der Waals surface area contributed by atoms with Gasteiger partial charge in [-0.05, 0) is 48.9 Å². The van der Waals surface area contributed by atoms with Gasteiger partial charge in [-0.2, -0.15) is 0 Å². The van der Waals surface area contributed by atoms with Crippen molar-refractivity contribution in [3.63, 3.8) is 0 Å². The van der Waals surface area contributed by atoms with Gasteiger partial charge in [0.25, 0.3) is 0 Å². The van der Waals surface area contributed by atoms with Crippen molar-refractivity contribution in [3.8, 4) is 5.75 Å². The number of rotatable bonds is 9. The molecule has 0 fully saturated rings. The lowest BCUT2D eigenvalue weighted by Gasteiger charge is -2.07. The van der Waals surface area contributed by atoms with E-state index in [4.69, 9.17) is 10.5 Å². The molecule has 0 spiro atoms. The standard InChI is InChI=1S/C20H22N2O4/c1-2-26-17-9-5-15(6-10-17)18(23)11-12-20(25)22-16-7-3-14(4-8-16)13-19(21)24/h3-10H,2,11-13H2,1H3,(H2,21,24)(H,22,25). The van der Waals surface area contributed by atoms with Crippen molar-refractivity contribution in [2.24, 2.45) is 5.73 Å². The maximum absolute atomic E-state index is 12.2. The molecule has 6 nitrogen and oxygen atoms in total. The number of nitrogens with one attached hydrogen (secondary N) is 1. The summed E-state index contributed by atoms with van der Waals surface area (Å²) in [4.78, 5) is 35.0. The fourth-order valence-corrected chi connectivity index (χ4v) is 2.41. The minimum Gasteiger partial charge on any atom is -0.494 e. The number of ether oxygens (including phenoxy) is 1. The molecule has 6 heteroatoms. The molecule has 0 aromatic heterocycles. The maximum atomic E-state index is 12.2. The van der Waals surface area contributed by atoms with Crippen molar-refractivity contribution in [2.75, 3.05) is 11.9 Å². The number of Topliss-reactive ketones (excluding diaryl/α,β-unsaturated/α-hetero) is 1. The van der Waals surface area contributed by atoms with Crippen LogP contribution in [-0.4, -0.2) is 24.2 Å². The van der Waals surface area contributed by atoms with E-state index < -0.39 is 5.91 Å². The van der Waals surface area contributed by atoms with Crippen molar-refractivity contribution in [1.29, 1.82) is 0 Å². The first-order valence-electron chi connectivity index (χ1n) is 8.41. The van der Waals surface area contributed by atoms with Crippen molar-refractivity contribution >= 4 is 23.3 Å². The SMILES string of the molecule is CCOc1ccc(C(=O)CCC(=O)Nc2ccc(CC(N)=O)cc2)cc1. The molecule has 0 aliphatic carbocycles. The molecule has 0 unspecified atom stereocenters. The number of hydrogen-bond donors (Lipinski definition) is 2. The summed E-state index contributed by atoms with van der Waals surface area (Å²) >= 11 is 0. The first-order chi connectivity index (χ1) is 12.5. The van der Waals surface area contributed by atoms with E-state index in [1.165, 1.54) is 0 Å². The Labute approximate surface area is 152 Å². The van der Waals surface area contributed by atoms with Crippen LogP contribution in [0.2, 0.25) is 0 Å².